The third-order valence-corrected chi connectivity index (χ3v) is 2.78. The standard InChI is InChI=1S/C11H13BrClN3O/c1-7(12)6-14-10(17)5-4-9-8(2)15-16(3)11(9)13/h4-5H,1,6H2,2-3H3,(H,14,17)/b5-4+. The number of rotatable bonds is 4. The lowest BCUT2D eigenvalue weighted by Gasteiger charge is -1.98. The van der Waals surface area contributed by atoms with E-state index in [-0.39, 0.29) is 5.91 Å². The first kappa shape index (κ1) is 14.0. The predicted octanol–water partition coefficient (Wildman–Crippen LogP) is 2.42. The zero-order valence-corrected chi connectivity index (χ0v) is 12.0. The van der Waals surface area contributed by atoms with Crippen molar-refractivity contribution in [3.63, 3.8) is 0 Å². The van der Waals surface area contributed by atoms with Crippen molar-refractivity contribution in [3.05, 3.63) is 33.5 Å². The molecule has 0 aliphatic heterocycles. The molecule has 1 aromatic heterocycles. The zero-order chi connectivity index (χ0) is 13.0. The molecule has 0 bridgehead atoms. The van der Waals surface area contributed by atoms with Gasteiger partial charge in [0.1, 0.15) is 5.15 Å². The van der Waals surface area contributed by atoms with Crippen molar-refractivity contribution in [1.82, 2.24) is 15.1 Å². The molecule has 0 aliphatic carbocycles. The Hall–Kier alpha value is -1.07. The molecule has 0 radical (unpaired) electrons. The molecule has 0 aliphatic rings. The van der Waals surface area contributed by atoms with Gasteiger partial charge >= 0.3 is 0 Å². The van der Waals surface area contributed by atoms with Gasteiger partial charge in [-0.15, -0.1) is 0 Å². The second-order valence-corrected chi connectivity index (χ2v) is 4.96. The smallest absolute Gasteiger partial charge is 0.244 e. The summed E-state index contributed by atoms with van der Waals surface area (Å²) in [7, 11) is 1.75. The highest BCUT2D eigenvalue weighted by Gasteiger charge is 2.08. The quantitative estimate of drug-likeness (QED) is 0.867. The molecule has 1 aromatic rings. The van der Waals surface area contributed by atoms with Gasteiger partial charge in [0.2, 0.25) is 5.91 Å². The van der Waals surface area contributed by atoms with Gasteiger partial charge in [0.25, 0.3) is 0 Å². The van der Waals surface area contributed by atoms with Crippen molar-refractivity contribution in [1.29, 1.82) is 0 Å². The Kier molecular flexibility index (Phi) is 4.96. The summed E-state index contributed by atoms with van der Waals surface area (Å²) >= 11 is 9.18. The number of hydrogen-bond donors (Lipinski definition) is 1. The molecule has 92 valence electrons. The van der Waals surface area contributed by atoms with E-state index in [9.17, 15) is 4.79 Å². The summed E-state index contributed by atoms with van der Waals surface area (Å²) in [5.74, 6) is -0.204. The number of nitrogens with zero attached hydrogens (tertiary/aromatic N) is 2. The highest BCUT2D eigenvalue weighted by molar-refractivity contribution is 9.11. The maximum Gasteiger partial charge on any atom is 0.244 e. The molecule has 1 heterocycles. The molecule has 1 N–H and O–H groups in total. The minimum Gasteiger partial charge on any atom is -0.348 e. The van der Waals surface area contributed by atoms with Gasteiger partial charge < -0.3 is 5.32 Å². The van der Waals surface area contributed by atoms with Crippen LogP contribution in [0.1, 0.15) is 11.3 Å². The third-order valence-electron chi connectivity index (χ3n) is 2.05. The van der Waals surface area contributed by atoms with E-state index in [0.29, 0.717) is 11.7 Å². The summed E-state index contributed by atoms with van der Waals surface area (Å²) in [6.07, 6.45) is 3.07. The molecule has 0 saturated heterocycles. The predicted molar refractivity (Wildman–Crippen MR) is 73.1 cm³/mol. The third kappa shape index (κ3) is 4.02. The number of aryl methyl sites for hydroxylation is 2. The molecule has 1 amide bonds. The number of amides is 1. The van der Waals surface area contributed by atoms with Gasteiger partial charge in [0, 0.05) is 29.7 Å². The first-order chi connectivity index (χ1) is 7.91. The van der Waals surface area contributed by atoms with Crippen LogP contribution in [-0.2, 0) is 11.8 Å². The SMILES string of the molecule is C=C(Br)CNC(=O)/C=C/c1c(C)nn(C)c1Cl. The molecule has 0 spiro atoms. The average Bonchev–Trinajstić information content (AvgIpc) is 2.48. The van der Waals surface area contributed by atoms with Crippen LogP contribution in [0.3, 0.4) is 0 Å². The van der Waals surface area contributed by atoms with Gasteiger partial charge in [0.15, 0.2) is 0 Å². The van der Waals surface area contributed by atoms with E-state index in [1.54, 1.807) is 17.8 Å². The second kappa shape index (κ2) is 6.02. The van der Waals surface area contributed by atoms with Crippen LogP contribution in [-0.4, -0.2) is 22.2 Å². The molecule has 0 fully saturated rings. The fraction of sp³-hybridized carbons (Fsp3) is 0.273. The minimum atomic E-state index is -0.204. The van der Waals surface area contributed by atoms with Gasteiger partial charge in [-0.2, -0.15) is 5.10 Å². The summed E-state index contributed by atoms with van der Waals surface area (Å²) in [6.45, 7) is 5.85. The zero-order valence-electron chi connectivity index (χ0n) is 9.63. The van der Waals surface area contributed by atoms with E-state index in [1.807, 2.05) is 6.92 Å². The normalized spacial score (nSPS) is 10.8. The molecule has 6 heteroatoms. The van der Waals surface area contributed by atoms with Crippen molar-refractivity contribution in [2.45, 2.75) is 6.92 Å². The van der Waals surface area contributed by atoms with Crippen LogP contribution in [0.5, 0.6) is 0 Å². The molecule has 4 nitrogen and oxygen atoms in total. The topological polar surface area (TPSA) is 46.9 Å². The number of hydrogen-bond acceptors (Lipinski definition) is 2. The van der Waals surface area contributed by atoms with Crippen LogP contribution in [0.15, 0.2) is 17.1 Å². The van der Waals surface area contributed by atoms with Crippen LogP contribution in [0.2, 0.25) is 5.15 Å². The van der Waals surface area contributed by atoms with Gasteiger partial charge in [-0.1, -0.05) is 34.1 Å². The monoisotopic (exact) mass is 317 g/mol. The van der Waals surface area contributed by atoms with Gasteiger partial charge in [-0.25, -0.2) is 0 Å². The van der Waals surface area contributed by atoms with Crippen molar-refractivity contribution >= 4 is 39.5 Å². The summed E-state index contributed by atoms with van der Waals surface area (Å²) < 4.78 is 2.28. The van der Waals surface area contributed by atoms with E-state index in [4.69, 9.17) is 11.6 Å². The summed E-state index contributed by atoms with van der Waals surface area (Å²) in [5, 5.41) is 7.31. The lowest BCUT2D eigenvalue weighted by atomic mass is 10.2. The van der Waals surface area contributed by atoms with Crippen molar-refractivity contribution < 1.29 is 4.79 Å². The molecule has 1 rings (SSSR count). The van der Waals surface area contributed by atoms with E-state index >= 15 is 0 Å². The van der Waals surface area contributed by atoms with E-state index in [1.165, 1.54) is 6.08 Å². The maximum atomic E-state index is 11.4. The summed E-state index contributed by atoms with van der Waals surface area (Å²) in [5.41, 5.74) is 1.54. The largest absolute Gasteiger partial charge is 0.348 e. The highest BCUT2D eigenvalue weighted by atomic mass is 79.9. The number of carbonyl (C=O) groups is 1. The molecule has 17 heavy (non-hydrogen) atoms. The Morgan fingerprint density at radius 2 is 2.35 bits per heavy atom. The van der Waals surface area contributed by atoms with Crippen LogP contribution >= 0.6 is 27.5 Å². The first-order valence-electron chi connectivity index (χ1n) is 4.90. The number of carbonyl (C=O) groups excluding carboxylic acids is 1. The number of halogens is 2. The Labute approximate surface area is 113 Å². The summed E-state index contributed by atoms with van der Waals surface area (Å²) in [4.78, 5) is 11.4. The molecule has 0 aromatic carbocycles. The van der Waals surface area contributed by atoms with Crippen LogP contribution < -0.4 is 5.32 Å². The van der Waals surface area contributed by atoms with Gasteiger partial charge in [-0.3, -0.25) is 9.48 Å². The summed E-state index contributed by atoms with van der Waals surface area (Å²) in [6, 6.07) is 0. The maximum absolute atomic E-state index is 11.4. The lowest BCUT2D eigenvalue weighted by molar-refractivity contribution is -0.116. The van der Waals surface area contributed by atoms with Crippen LogP contribution in [0.4, 0.5) is 0 Å². The van der Waals surface area contributed by atoms with Crippen LogP contribution in [0.25, 0.3) is 6.08 Å². The highest BCUT2D eigenvalue weighted by Crippen LogP contribution is 2.19. The van der Waals surface area contributed by atoms with Crippen molar-refractivity contribution in [2.24, 2.45) is 7.05 Å². The lowest BCUT2D eigenvalue weighted by Crippen LogP contribution is -2.21. The van der Waals surface area contributed by atoms with Gasteiger partial charge in [0.05, 0.1) is 5.69 Å². The second-order valence-electron chi connectivity index (χ2n) is 3.48. The van der Waals surface area contributed by atoms with E-state index in [0.717, 1.165) is 15.7 Å². The number of aromatic nitrogens is 2. The Morgan fingerprint density at radius 3 is 2.82 bits per heavy atom. The van der Waals surface area contributed by atoms with Crippen molar-refractivity contribution in [2.75, 3.05) is 6.54 Å². The Bertz CT molecular complexity index is 479. The molecule has 0 unspecified atom stereocenters. The van der Waals surface area contributed by atoms with E-state index < -0.39 is 0 Å². The average molecular weight is 319 g/mol. The van der Waals surface area contributed by atoms with Gasteiger partial charge in [-0.05, 0) is 13.0 Å². The fourth-order valence-electron chi connectivity index (χ4n) is 1.24. The van der Waals surface area contributed by atoms with E-state index in [2.05, 4.69) is 32.9 Å². The molecule has 0 atom stereocenters. The first-order valence-corrected chi connectivity index (χ1v) is 6.07. The van der Waals surface area contributed by atoms with Crippen LogP contribution in [0, 0.1) is 6.92 Å². The van der Waals surface area contributed by atoms with Crippen molar-refractivity contribution in [3.8, 4) is 0 Å². The molecule has 0 saturated carbocycles. The Morgan fingerprint density at radius 1 is 1.71 bits per heavy atom. The molecular weight excluding hydrogens is 305 g/mol. The Balaban J connectivity index is 2.70. The molecular formula is C11H13BrClN3O. The number of nitrogens with one attached hydrogen (secondary N) is 1. The fourth-order valence-corrected chi connectivity index (χ4v) is 1.61. The minimum absolute atomic E-state index is 0.204.